The van der Waals surface area contributed by atoms with Crippen LogP contribution in [-0.4, -0.2) is 35.6 Å². The summed E-state index contributed by atoms with van der Waals surface area (Å²) in [4.78, 5) is 11.8. The molecule has 6 heteroatoms. The second-order valence-electron chi connectivity index (χ2n) is 4.38. The van der Waals surface area contributed by atoms with Gasteiger partial charge in [0, 0.05) is 26.2 Å². The second kappa shape index (κ2) is 5.39. The quantitative estimate of drug-likeness (QED) is 0.815. The molecule has 1 aliphatic heterocycles. The van der Waals surface area contributed by atoms with E-state index in [2.05, 4.69) is 5.10 Å². The Morgan fingerprint density at radius 1 is 1.56 bits per heavy atom. The largest absolute Gasteiger partial charge is 0.461 e. The fourth-order valence-corrected chi connectivity index (χ4v) is 2.28. The minimum absolute atomic E-state index is 0.271. The zero-order valence-corrected chi connectivity index (χ0v) is 10.8. The first-order valence-electron chi connectivity index (χ1n) is 6.22. The highest BCUT2D eigenvalue weighted by Crippen LogP contribution is 2.31. The van der Waals surface area contributed by atoms with E-state index in [9.17, 15) is 4.79 Å². The molecule has 1 saturated heterocycles. The normalized spacial score (nSPS) is 16.8. The number of nitrogens with two attached hydrogens (primary N) is 1. The molecule has 0 spiro atoms. The Morgan fingerprint density at radius 2 is 2.22 bits per heavy atom. The van der Waals surface area contributed by atoms with E-state index < -0.39 is 5.97 Å². The monoisotopic (exact) mass is 253 g/mol. The van der Waals surface area contributed by atoms with Gasteiger partial charge in [-0.2, -0.15) is 5.10 Å². The van der Waals surface area contributed by atoms with Gasteiger partial charge in [-0.25, -0.2) is 4.79 Å². The maximum atomic E-state index is 11.8. The van der Waals surface area contributed by atoms with E-state index >= 15 is 0 Å². The second-order valence-corrected chi connectivity index (χ2v) is 4.38. The molecule has 0 amide bonds. The third-order valence-electron chi connectivity index (χ3n) is 3.19. The number of carbonyl (C=O) groups is 1. The molecule has 18 heavy (non-hydrogen) atoms. The fraction of sp³-hybridized carbons (Fsp3) is 0.667. The number of carbonyl (C=O) groups excluding carboxylic acids is 1. The minimum atomic E-state index is -0.414. The standard InChI is InChI=1S/C12H19N3O3/c1-3-18-12(16)11-9(13)10(14-15(11)2)8-4-6-17-7-5-8/h8H,3-7,13H2,1-2H3. The van der Waals surface area contributed by atoms with E-state index in [4.69, 9.17) is 15.2 Å². The maximum Gasteiger partial charge on any atom is 0.358 e. The number of aromatic nitrogens is 2. The Hall–Kier alpha value is -1.56. The predicted molar refractivity (Wildman–Crippen MR) is 66.4 cm³/mol. The van der Waals surface area contributed by atoms with E-state index in [1.54, 1.807) is 14.0 Å². The van der Waals surface area contributed by atoms with Gasteiger partial charge in [-0.05, 0) is 19.8 Å². The molecule has 0 aromatic carbocycles. The van der Waals surface area contributed by atoms with Crippen LogP contribution >= 0.6 is 0 Å². The molecule has 0 bridgehead atoms. The molecule has 1 aliphatic rings. The van der Waals surface area contributed by atoms with Crippen molar-refractivity contribution in [3.63, 3.8) is 0 Å². The summed E-state index contributed by atoms with van der Waals surface area (Å²) in [6.45, 7) is 3.53. The zero-order chi connectivity index (χ0) is 13.1. The summed E-state index contributed by atoms with van der Waals surface area (Å²) in [5.74, 6) is -0.142. The van der Waals surface area contributed by atoms with Crippen LogP contribution in [0.4, 0.5) is 5.69 Å². The van der Waals surface area contributed by atoms with Gasteiger partial charge in [0.05, 0.1) is 18.0 Å². The zero-order valence-electron chi connectivity index (χ0n) is 10.8. The van der Waals surface area contributed by atoms with Crippen molar-refractivity contribution < 1.29 is 14.3 Å². The summed E-state index contributed by atoms with van der Waals surface area (Å²) in [5.41, 5.74) is 7.63. The van der Waals surface area contributed by atoms with Crippen molar-refractivity contribution in [3.05, 3.63) is 11.4 Å². The molecule has 6 nitrogen and oxygen atoms in total. The lowest BCUT2D eigenvalue weighted by molar-refractivity contribution is 0.0515. The maximum absolute atomic E-state index is 11.8. The highest BCUT2D eigenvalue weighted by atomic mass is 16.5. The van der Waals surface area contributed by atoms with Crippen LogP contribution in [0.2, 0.25) is 0 Å². The average molecular weight is 253 g/mol. The number of ether oxygens (including phenoxy) is 2. The van der Waals surface area contributed by atoms with Crippen molar-refractivity contribution in [2.24, 2.45) is 7.05 Å². The Kier molecular flexibility index (Phi) is 3.86. The lowest BCUT2D eigenvalue weighted by atomic mass is 9.95. The molecular formula is C12H19N3O3. The topological polar surface area (TPSA) is 79.4 Å². The third-order valence-corrected chi connectivity index (χ3v) is 3.19. The summed E-state index contributed by atoms with van der Waals surface area (Å²) >= 11 is 0. The predicted octanol–water partition coefficient (Wildman–Crippen LogP) is 1.07. The van der Waals surface area contributed by atoms with Crippen molar-refractivity contribution in [1.82, 2.24) is 9.78 Å². The first kappa shape index (κ1) is 12.9. The van der Waals surface area contributed by atoms with Crippen molar-refractivity contribution in [2.75, 3.05) is 25.6 Å². The number of hydrogen-bond acceptors (Lipinski definition) is 5. The SMILES string of the molecule is CCOC(=O)c1c(N)c(C2CCOCC2)nn1C. The molecule has 0 saturated carbocycles. The smallest absolute Gasteiger partial charge is 0.358 e. The number of nitrogen functional groups attached to an aromatic ring is 1. The first-order chi connectivity index (χ1) is 8.65. The number of aryl methyl sites for hydroxylation is 1. The highest BCUT2D eigenvalue weighted by molar-refractivity contribution is 5.93. The Morgan fingerprint density at radius 3 is 2.83 bits per heavy atom. The van der Waals surface area contributed by atoms with E-state index in [0.29, 0.717) is 18.0 Å². The summed E-state index contributed by atoms with van der Waals surface area (Å²) < 4.78 is 11.8. The summed E-state index contributed by atoms with van der Waals surface area (Å²) in [7, 11) is 1.71. The van der Waals surface area contributed by atoms with Gasteiger partial charge in [0.25, 0.3) is 0 Å². The van der Waals surface area contributed by atoms with Crippen molar-refractivity contribution in [1.29, 1.82) is 0 Å². The van der Waals surface area contributed by atoms with Crippen LogP contribution in [0.15, 0.2) is 0 Å². The van der Waals surface area contributed by atoms with E-state index in [0.717, 1.165) is 31.7 Å². The van der Waals surface area contributed by atoms with Gasteiger partial charge in [0.15, 0.2) is 5.69 Å². The van der Waals surface area contributed by atoms with Crippen molar-refractivity contribution >= 4 is 11.7 Å². The molecule has 1 aromatic heterocycles. The van der Waals surface area contributed by atoms with Gasteiger partial charge in [-0.1, -0.05) is 0 Å². The number of rotatable bonds is 3. The van der Waals surface area contributed by atoms with Gasteiger partial charge in [-0.3, -0.25) is 4.68 Å². The van der Waals surface area contributed by atoms with Gasteiger partial charge in [0.2, 0.25) is 0 Å². The molecule has 100 valence electrons. The van der Waals surface area contributed by atoms with Gasteiger partial charge < -0.3 is 15.2 Å². The summed E-state index contributed by atoms with van der Waals surface area (Å²) in [5, 5.41) is 4.37. The first-order valence-corrected chi connectivity index (χ1v) is 6.22. The van der Waals surface area contributed by atoms with Crippen LogP contribution in [0.3, 0.4) is 0 Å². The number of hydrogen-bond donors (Lipinski definition) is 1. The molecule has 2 N–H and O–H groups in total. The van der Waals surface area contributed by atoms with Crippen LogP contribution in [-0.2, 0) is 16.5 Å². The van der Waals surface area contributed by atoms with Crippen molar-refractivity contribution in [2.45, 2.75) is 25.7 Å². The minimum Gasteiger partial charge on any atom is -0.461 e. The molecule has 1 aromatic rings. The lowest BCUT2D eigenvalue weighted by Gasteiger charge is -2.20. The highest BCUT2D eigenvalue weighted by Gasteiger charge is 2.27. The van der Waals surface area contributed by atoms with Crippen LogP contribution in [0.5, 0.6) is 0 Å². The Bertz CT molecular complexity index is 436. The molecule has 0 unspecified atom stereocenters. The average Bonchev–Trinajstić information content (AvgIpc) is 2.66. The number of anilines is 1. The molecular weight excluding hydrogens is 234 g/mol. The third kappa shape index (κ3) is 2.33. The van der Waals surface area contributed by atoms with Gasteiger partial charge >= 0.3 is 5.97 Å². The molecule has 2 rings (SSSR count). The van der Waals surface area contributed by atoms with E-state index in [-0.39, 0.29) is 5.92 Å². The number of nitrogens with zero attached hydrogens (tertiary/aromatic N) is 2. The van der Waals surface area contributed by atoms with Crippen LogP contribution in [0, 0.1) is 0 Å². The van der Waals surface area contributed by atoms with Crippen LogP contribution < -0.4 is 5.73 Å². The summed E-state index contributed by atoms with van der Waals surface area (Å²) in [6.07, 6.45) is 1.78. The fourth-order valence-electron chi connectivity index (χ4n) is 2.28. The molecule has 2 heterocycles. The Labute approximate surface area is 106 Å². The molecule has 0 radical (unpaired) electrons. The number of esters is 1. The summed E-state index contributed by atoms with van der Waals surface area (Å²) in [6, 6.07) is 0. The van der Waals surface area contributed by atoms with E-state index in [1.165, 1.54) is 4.68 Å². The van der Waals surface area contributed by atoms with Crippen LogP contribution in [0.25, 0.3) is 0 Å². The lowest BCUT2D eigenvalue weighted by Crippen LogP contribution is -2.15. The Balaban J connectivity index is 2.27. The molecule has 0 atom stereocenters. The van der Waals surface area contributed by atoms with Crippen LogP contribution in [0.1, 0.15) is 41.9 Å². The molecule has 1 fully saturated rings. The van der Waals surface area contributed by atoms with E-state index in [1.807, 2.05) is 0 Å². The van der Waals surface area contributed by atoms with Crippen molar-refractivity contribution in [3.8, 4) is 0 Å². The van der Waals surface area contributed by atoms with Gasteiger partial charge in [-0.15, -0.1) is 0 Å². The molecule has 0 aliphatic carbocycles. The van der Waals surface area contributed by atoms with Gasteiger partial charge in [0.1, 0.15) is 0 Å².